The number of rotatable bonds is 6. The van der Waals surface area contributed by atoms with Gasteiger partial charge < -0.3 is 15.0 Å². The van der Waals surface area contributed by atoms with Crippen molar-refractivity contribution in [2.45, 2.75) is 26.8 Å². The Morgan fingerprint density at radius 1 is 0.972 bits per heavy atom. The summed E-state index contributed by atoms with van der Waals surface area (Å²) in [5.74, 6) is -1.53. The van der Waals surface area contributed by atoms with Crippen molar-refractivity contribution in [3.05, 3.63) is 101 Å². The Balaban J connectivity index is 1.69. The number of para-hydroxylation sites is 1. The highest BCUT2D eigenvalue weighted by molar-refractivity contribution is 6.51. The van der Waals surface area contributed by atoms with Gasteiger partial charge in [0.25, 0.3) is 11.7 Å². The van der Waals surface area contributed by atoms with E-state index in [1.165, 1.54) is 4.90 Å². The van der Waals surface area contributed by atoms with E-state index in [-0.39, 0.29) is 11.3 Å². The summed E-state index contributed by atoms with van der Waals surface area (Å²) in [6.45, 7) is 7.90. The van der Waals surface area contributed by atoms with Gasteiger partial charge in [-0.25, -0.2) is 0 Å². The Hall–Kier alpha value is -4.32. The molecule has 1 fully saturated rings. The molecular formula is C30H29N3O3. The number of hydrogen-bond donors (Lipinski definition) is 2. The van der Waals surface area contributed by atoms with Crippen LogP contribution in [0.5, 0.6) is 0 Å². The highest BCUT2D eigenvalue weighted by Crippen LogP contribution is 2.43. The van der Waals surface area contributed by atoms with Crippen LogP contribution in [0.3, 0.4) is 0 Å². The van der Waals surface area contributed by atoms with E-state index in [1.807, 2.05) is 79.7 Å². The first-order valence-electron chi connectivity index (χ1n) is 12.2. The molecular weight excluding hydrogens is 450 g/mol. The minimum atomic E-state index is -0.752. The van der Waals surface area contributed by atoms with E-state index in [2.05, 4.69) is 23.7 Å². The molecule has 6 nitrogen and oxygen atoms in total. The van der Waals surface area contributed by atoms with Crippen molar-refractivity contribution >= 4 is 39.7 Å². The number of aromatic nitrogens is 1. The molecule has 2 heterocycles. The van der Waals surface area contributed by atoms with Crippen molar-refractivity contribution in [1.82, 2.24) is 4.98 Å². The van der Waals surface area contributed by atoms with Gasteiger partial charge in [0, 0.05) is 47.1 Å². The van der Waals surface area contributed by atoms with Crippen LogP contribution in [0.25, 0.3) is 16.7 Å². The number of nitrogens with zero attached hydrogens (tertiary/aromatic N) is 2. The summed E-state index contributed by atoms with van der Waals surface area (Å²) in [5.41, 5.74) is 4.85. The number of carbonyl (C=O) groups excluding carboxylic acids is 2. The van der Waals surface area contributed by atoms with E-state index in [1.54, 1.807) is 6.20 Å². The molecule has 0 aliphatic carbocycles. The van der Waals surface area contributed by atoms with Gasteiger partial charge in [0.1, 0.15) is 5.76 Å². The maximum absolute atomic E-state index is 13.5. The molecule has 3 aromatic carbocycles. The van der Waals surface area contributed by atoms with E-state index in [9.17, 15) is 14.7 Å². The predicted molar refractivity (Wildman–Crippen MR) is 144 cm³/mol. The van der Waals surface area contributed by atoms with E-state index >= 15 is 0 Å². The summed E-state index contributed by atoms with van der Waals surface area (Å²) >= 11 is 0. The number of nitrogens with one attached hydrogen (secondary N) is 1. The number of benzene rings is 3. The molecule has 1 saturated heterocycles. The van der Waals surface area contributed by atoms with E-state index < -0.39 is 17.7 Å². The monoisotopic (exact) mass is 479 g/mol. The molecule has 1 aliphatic heterocycles. The SMILES string of the molecule is CCN(CC)c1ccc(N2C(=O)C(=O)/C(=C(\O)c3c[nH]c4ccccc34)C2c2cccc(C)c2)cc1. The number of anilines is 2. The second-order valence-electron chi connectivity index (χ2n) is 9.02. The lowest BCUT2D eigenvalue weighted by Crippen LogP contribution is -2.29. The smallest absolute Gasteiger partial charge is 0.300 e. The third-order valence-electron chi connectivity index (χ3n) is 6.90. The Bertz CT molecular complexity index is 1480. The summed E-state index contributed by atoms with van der Waals surface area (Å²) in [5, 5.41) is 12.3. The second-order valence-corrected chi connectivity index (χ2v) is 9.02. The van der Waals surface area contributed by atoms with Crippen LogP contribution < -0.4 is 9.80 Å². The van der Waals surface area contributed by atoms with E-state index in [0.717, 1.165) is 40.8 Å². The van der Waals surface area contributed by atoms with Crippen LogP contribution in [0, 0.1) is 6.92 Å². The highest BCUT2D eigenvalue weighted by atomic mass is 16.3. The maximum Gasteiger partial charge on any atom is 0.300 e. The van der Waals surface area contributed by atoms with Crippen molar-refractivity contribution in [1.29, 1.82) is 0 Å². The highest BCUT2D eigenvalue weighted by Gasteiger charge is 2.47. The number of aliphatic hydroxyl groups is 1. The Morgan fingerprint density at radius 3 is 2.39 bits per heavy atom. The molecule has 5 rings (SSSR count). The Morgan fingerprint density at radius 2 is 1.69 bits per heavy atom. The van der Waals surface area contributed by atoms with Crippen LogP contribution in [0.2, 0.25) is 0 Å². The molecule has 0 bridgehead atoms. The fourth-order valence-corrected chi connectivity index (χ4v) is 5.08. The largest absolute Gasteiger partial charge is 0.507 e. The van der Waals surface area contributed by atoms with Gasteiger partial charge in [-0.1, -0.05) is 48.0 Å². The number of carbonyl (C=O) groups is 2. The Labute approximate surface area is 210 Å². The number of hydrogen-bond acceptors (Lipinski definition) is 4. The first-order chi connectivity index (χ1) is 17.4. The summed E-state index contributed by atoms with van der Waals surface area (Å²) in [6, 6.07) is 22.2. The van der Waals surface area contributed by atoms with Crippen molar-refractivity contribution in [2.24, 2.45) is 0 Å². The summed E-state index contributed by atoms with van der Waals surface area (Å²) < 4.78 is 0. The zero-order valence-corrected chi connectivity index (χ0v) is 20.7. The minimum absolute atomic E-state index is 0.0863. The number of aromatic amines is 1. The zero-order valence-electron chi connectivity index (χ0n) is 20.7. The molecule has 0 spiro atoms. The molecule has 0 radical (unpaired) electrons. The number of aryl methyl sites for hydroxylation is 1. The molecule has 1 unspecified atom stereocenters. The van der Waals surface area contributed by atoms with Crippen LogP contribution >= 0.6 is 0 Å². The van der Waals surface area contributed by atoms with Crippen LogP contribution in [-0.2, 0) is 9.59 Å². The molecule has 182 valence electrons. The van der Waals surface area contributed by atoms with Gasteiger partial charge in [-0.05, 0) is 56.7 Å². The van der Waals surface area contributed by atoms with Crippen LogP contribution in [-0.4, -0.2) is 34.9 Å². The van der Waals surface area contributed by atoms with E-state index in [4.69, 9.17) is 0 Å². The minimum Gasteiger partial charge on any atom is -0.507 e. The first-order valence-corrected chi connectivity index (χ1v) is 12.2. The van der Waals surface area contributed by atoms with Gasteiger partial charge in [-0.2, -0.15) is 0 Å². The molecule has 1 aliphatic rings. The van der Waals surface area contributed by atoms with E-state index in [0.29, 0.717) is 11.3 Å². The molecule has 1 amide bonds. The Kier molecular flexibility index (Phi) is 6.10. The standard InChI is InChI=1S/C30H29N3O3/c1-4-32(5-2)21-13-15-22(16-14-21)33-27(20-10-8-9-19(3)17-20)26(29(35)30(33)36)28(34)24-18-31-25-12-7-6-11-23(24)25/h6-18,27,31,34H,4-5H2,1-3H3/b28-26-. The first kappa shape index (κ1) is 23.4. The number of aliphatic hydroxyl groups excluding tert-OH is 1. The van der Waals surface area contributed by atoms with Crippen LogP contribution in [0.15, 0.2) is 84.6 Å². The number of fused-ring (bicyclic) bond motifs is 1. The maximum atomic E-state index is 13.5. The van der Waals surface area contributed by atoms with Gasteiger partial charge in [-0.15, -0.1) is 0 Å². The van der Waals surface area contributed by atoms with Crippen molar-refractivity contribution in [3.63, 3.8) is 0 Å². The van der Waals surface area contributed by atoms with Crippen LogP contribution in [0.1, 0.15) is 36.6 Å². The molecule has 6 heteroatoms. The molecule has 1 atom stereocenters. The van der Waals surface area contributed by atoms with Gasteiger partial charge in [0.05, 0.1) is 11.6 Å². The molecule has 4 aromatic rings. The third kappa shape index (κ3) is 3.85. The van der Waals surface area contributed by atoms with Crippen molar-refractivity contribution in [3.8, 4) is 0 Å². The number of Topliss-reactive ketones (excluding diaryl/α,β-unsaturated/α-hetero) is 1. The lowest BCUT2D eigenvalue weighted by Gasteiger charge is -2.27. The number of H-pyrrole nitrogens is 1. The van der Waals surface area contributed by atoms with Crippen molar-refractivity contribution < 1.29 is 14.7 Å². The summed E-state index contributed by atoms with van der Waals surface area (Å²) in [7, 11) is 0. The van der Waals surface area contributed by atoms with Gasteiger partial charge in [-0.3, -0.25) is 14.5 Å². The number of amides is 1. The molecule has 1 aromatic heterocycles. The average molecular weight is 480 g/mol. The van der Waals surface area contributed by atoms with Crippen LogP contribution in [0.4, 0.5) is 11.4 Å². The fourth-order valence-electron chi connectivity index (χ4n) is 5.08. The lowest BCUT2D eigenvalue weighted by atomic mass is 9.94. The zero-order chi connectivity index (χ0) is 25.4. The quantitative estimate of drug-likeness (QED) is 0.204. The third-order valence-corrected chi connectivity index (χ3v) is 6.90. The summed E-state index contributed by atoms with van der Waals surface area (Å²) in [6.07, 6.45) is 1.68. The normalized spacial score (nSPS) is 17.2. The second kappa shape index (κ2) is 9.38. The van der Waals surface area contributed by atoms with Crippen molar-refractivity contribution in [2.75, 3.05) is 22.9 Å². The topological polar surface area (TPSA) is 76.6 Å². The molecule has 2 N–H and O–H groups in total. The number of ketones is 1. The average Bonchev–Trinajstić information content (AvgIpc) is 3.44. The van der Waals surface area contributed by atoms with Gasteiger partial charge in [0.15, 0.2) is 0 Å². The molecule has 0 saturated carbocycles. The van der Waals surface area contributed by atoms with Gasteiger partial charge in [0.2, 0.25) is 0 Å². The fraction of sp³-hybridized carbons (Fsp3) is 0.200. The lowest BCUT2D eigenvalue weighted by molar-refractivity contribution is -0.132. The predicted octanol–water partition coefficient (Wildman–Crippen LogP) is 5.95. The summed E-state index contributed by atoms with van der Waals surface area (Å²) in [4.78, 5) is 33.8. The van der Waals surface area contributed by atoms with Gasteiger partial charge >= 0.3 is 0 Å². The molecule has 36 heavy (non-hydrogen) atoms.